The van der Waals surface area contributed by atoms with E-state index >= 15 is 0 Å². The first-order valence-corrected chi connectivity index (χ1v) is 7.68. The minimum absolute atomic E-state index is 0.0341. The first-order valence-electron chi connectivity index (χ1n) is 7.30. The van der Waals surface area contributed by atoms with Crippen molar-refractivity contribution in [2.24, 2.45) is 17.6 Å². The molecule has 0 spiro atoms. The van der Waals surface area contributed by atoms with Crippen molar-refractivity contribution >= 4 is 17.5 Å². The van der Waals surface area contributed by atoms with E-state index < -0.39 is 0 Å². The van der Waals surface area contributed by atoms with Gasteiger partial charge in [0.1, 0.15) is 0 Å². The Hall–Kier alpha value is -1.06. The van der Waals surface area contributed by atoms with E-state index in [9.17, 15) is 4.79 Å². The predicted molar refractivity (Wildman–Crippen MR) is 82.5 cm³/mol. The van der Waals surface area contributed by atoms with Crippen LogP contribution in [0.4, 0.5) is 0 Å². The van der Waals surface area contributed by atoms with Crippen molar-refractivity contribution in [3.63, 3.8) is 0 Å². The van der Waals surface area contributed by atoms with Crippen LogP contribution in [-0.2, 0) is 4.79 Å². The van der Waals surface area contributed by atoms with Gasteiger partial charge < -0.3 is 11.1 Å². The maximum atomic E-state index is 12.3. The van der Waals surface area contributed by atoms with Crippen LogP contribution in [0.5, 0.6) is 0 Å². The van der Waals surface area contributed by atoms with Gasteiger partial charge in [-0.05, 0) is 43.4 Å². The first kappa shape index (κ1) is 15.3. The van der Waals surface area contributed by atoms with Gasteiger partial charge in [-0.1, -0.05) is 37.1 Å². The van der Waals surface area contributed by atoms with Crippen molar-refractivity contribution < 1.29 is 4.79 Å². The fourth-order valence-corrected chi connectivity index (χ4v) is 2.57. The van der Waals surface area contributed by atoms with Gasteiger partial charge >= 0.3 is 0 Å². The molecule has 1 aromatic carbocycles. The molecule has 1 aromatic rings. The standard InChI is InChI=1S/C16H23ClN2O/c1-10(11(2)18)16(20)19-15(12-4-3-5-12)13-6-8-14(17)9-7-13/h6-12,15H,3-5,18H2,1-2H3,(H,19,20). The second-order valence-electron chi connectivity index (χ2n) is 5.88. The highest BCUT2D eigenvalue weighted by Crippen LogP contribution is 2.38. The second kappa shape index (κ2) is 6.59. The van der Waals surface area contributed by atoms with Crippen molar-refractivity contribution in [2.45, 2.75) is 45.2 Å². The van der Waals surface area contributed by atoms with Crippen LogP contribution in [0, 0.1) is 11.8 Å². The van der Waals surface area contributed by atoms with Crippen LogP contribution in [0.2, 0.25) is 5.02 Å². The molecule has 0 radical (unpaired) electrons. The van der Waals surface area contributed by atoms with Gasteiger partial charge in [0.15, 0.2) is 0 Å². The average Bonchev–Trinajstić information content (AvgIpc) is 2.35. The molecule has 4 heteroatoms. The molecule has 3 unspecified atom stereocenters. The van der Waals surface area contributed by atoms with Gasteiger partial charge in [0, 0.05) is 17.0 Å². The minimum atomic E-state index is -0.176. The Labute approximate surface area is 125 Å². The molecular formula is C16H23ClN2O. The van der Waals surface area contributed by atoms with Gasteiger partial charge in [0.25, 0.3) is 0 Å². The lowest BCUT2D eigenvalue weighted by atomic mass is 9.77. The molecule has 1 aliphatic carbocycles. The number of benzene rings is 1. The molecule has 1 amide bonds. The van der Waals surface area contributed by atoms with Crippen LogP contribution in [-0.4, -0.2) is 11.9 Å². The first-order chi connectivity index (χ1) is 9.49. The van der Waals surface area contributed by atoms with Crippen LogP contribution < -0.4 is 11.1 Å². The molecule has 0 heterocycles. The molecule has 3 N–H and O–H groups in total. The number of halogens is 1. The number of carbonyl (C=O) groups excluding carboxylic acids is 1. The van der Waals surface area contributed by atoms with Gasteiger partial charge in [-0.25, -0.2) is 0 Å². The normalized spacial score (nSPS) is 19.8. The Morgan fingerprint density at radius 3 is 2.35 bits per heavy atom. The maximum absolute atomic E-state index is 12.3. The lowest BCUT2D eigenvalue weighted by molar-refractivity contribution is -0.126. The SMILES string of the molecule is CC(N)C(C)C(=O)NC(c1ccc(Cl)cc1)C1CCC1. The number of carbonyl (C=O) groups is 1. The van der Waals surface area contributed by atoms with Crippen molar-refractivity contribution in [2.75, 3.05) is 0 Å². The number of hydrogen-bond donors (Lipinski definition) is 2. The summed E-state index contributed by atoms with van der Waals surface area (Å²) in [5, 5.41) is 3.89. The maximum Gasteiger partial charge on any atom is 0.224 e. The molecule has 0 aromatic heterocycles. The molecule has 20 heavy (non-hydrogen) atoms. The smallest absolute Gasteiger partial charge is 0.224 e. The zero-order valence-corrected chi connectivity index (χ0v) is 12.9. The molecule has 0 bridgehead atoms. The van der Waals surface area contributed by atoms with Gasteiger partial charge in [-0.3, -0.25) is 4.79 Å². The van der Waals surface area contributed by atoms with E-state index in [4.69, 9.17) is 17.3 Å². The Balaban J connectivity index is 2.12. The monoisotopic (exact) mass is 294 g/mol. The predicted octanol–water partition coefficient (Wildman–Crippen LogP) is 3.28. The van der Waals surface area contributed by atoms with Crippen molar-refractivity contribution in [1.29, 1.82) is 0 Å². The van der Waals surface area contributed by atoms with Crippen LogP contribution in [0.15, 0.2) is 24.3 Å². The third-order valence-corrected chi connectivity index (χ3v) is 4.60. The Morgan fingerprint density at radius 1 is 1.30 bits per heavy atom. The van der Waals surface area contributed by atoms with Gasteiger partial charge in [-0.2, -0.15) is 0 Å². The molecule has 3 nitrogen and oxygen atoms in total. The summed E-state index contributed by atoms with van der Waals surface area (Å²) >= 11 is 5.94. The van der Waals surface area contributed by atoms with E-state index in [0.29, 0.717) is 5.92 Å². The number of hydrogen-bond acceptors (Lipinski definition) is 2. The Kier molecular flexibility index (Phi) is 5.06. The average molecular weight is 295 g/mol. The zero-order valence-electron chi connectivity index (χ0n) is 12.1. The number of nitrogens with one attached hydrogen (secondary N) is 1. The largest absolute Gasteiger partial charge is 0.349 e. The van der Waals surface area contributed by atoms with E-state index in [1.165, 1.54) is 19.3 Å². The molecule has 1 aliphatic rings. The number of rotatable bonds is 5. The van der Waals surface area contributed by atoms with Crippen molar-refractivity contribution in [3.8, 4) is 0 Å². The summed E-state index contributed by atoms with van der Waals surface area (Å²) in [6, 6.07) is 7.70. The highest BCUT2D eigenvalue weighted by atomic mass is 35.5. The lowest BCUT2D eigenvalue weighted by Gasteiger charge is -2.35. The summed E-state index contributed by atoms with van der Waals surface area (Å²) in [6.07, 6.45) is 3.58. The van der Waals surface area contributed by atoms with Crippen molar-refractivity contribution in [1.82, 2.24) is 5.32 Å². The lowest BCUT2D eigenvalue weighted by Crippen LogP contribution is -2.43. The van der Waals surface area contributed by atoms with E-state index in [-0.39, 0.29) is 23.9 Å². The van der Waals surface area contributed by atoms with E-state index in [2.05, 4.69) is 5.32 Å². The summed E-state index contributed by atoms with van der Waals surface area (Å²) in [6.45, 7) is 3.74. The second-order valence-corrected chi connectivity index (χ2v) is 6.31. The third-order valence-electron chi connectivity index (χ3n) is 4.35. The number of amides is 1. The van der Waals surface area contributed by atoms with Crippen LogP contribution in [0.1, 0.15) is 44.7 Å². The fraction of sp³-hybridized carbons (Fsp3) is 0.562. The molecule has 110 valence electrons. The summed E-state index contributed by atoms with van der Waals surface area (Å²) < 4.78 is 0. The molecule has 2 rings (SSSR count). The quantitative estimate of drug-likeness (QED) is 0.875. The van der Waals surface area contributed by atoms with Gasteiger partial charge in [0.2, 0.25) is 5.91 Å². The fourth-order valence-electron chi connectivity index (χ4n) is 2.44. The molecule has 0 saturated heterocycles. The van der Waals surface area contributed by atoms with Gasteiger partial charge in [-0.15, -0.1) is 0 Å². The van der Waals surface area contributed by atoms with Crippen LogP contribution in [0.25, 0.3) is 0 Å². The van der Waals surface area contributed by atoms with Crippen molar-refractivity contribution in [3.05, 3.63) is 34.9 Å². The van der Waals surface area contributed by atoms with Gasteiger partial charge in [0.05, 0.1) is 6.04 Å². The number of nitrogens with two attached hydrogens (primary N) is 1. The summed E-state index contributed by atoms with van der Waals surface area (Å²) in [5.74, 6) is 0.386. The highest BCUT2D eigenvalue weighted by molar-refractivity contribution is 6.30. The molecule has 1 fully saturated rings. The molecule has 1 saturated carbocycles. The molecule has 3 atom stereocenters. The third kappa shape index (κ3) is 3.53. The summed E-state index contributed by atoms with van der Waals surface area (Å²) in [7, 11) is 0. The summed E-state index contributed by atoms with van der Waals surface area (Å²) in [5.41, 5.74) is 6.94. The minimum Gasteiger partial charge on any atom is -0.349 e. The van der Waals surface area contributed by atoms with Crippen LogP contribution >= 0.6 is 11.6 Å². The Bertz CT molecular complexity index is 454. The molecule has 0 aliphatic heterocycles. The zero-order chi connectivity index (χ0) is 14.7. The molecular weight excluding hydrogens is 272 g/mol. The van der Waals surface area contributed by atoms with E-state index in [1.54, 1.807) is 0 Å². The van der Waals surface area contributed by atoms with Crippen LogP contribution in [0.3, 0.4) is 0 Å². The summed E-state index contributed by atoms with van der Waals surface area (Å²) in [4.78, 5) is 12.3. The topological polar surface area (TPSA) is 55.1 Å². The van der Waals surface area contributed by atoms with E-state index in [1.807, 2.05) is 38.1 Å². The van der Waals surface area contributed by atoms with E-state index in [0.717, 1.165) is 10.6 Å². The Morgan fingerprint density at radius 2 is 1.90 bits per heavy atom. The highest BCUT2D eigenvalue weighted by Gasteiger charge is 2.31.